The number of hydrogen-bond acceptors (Lipinski definition) is 6. The fourth-order valence-electron chi connectivity index (χ4n) is 4.31. The molecule has 0 bridgehead atoms. The highest BCUT2D eigenvalue weighted by Gasteiger charge is 2.29. The van der Waals surface area contributed by atoms with E-state index in [-0.39, 0.29) is 16.7 Å². The van der Waals surface area contributed by atoms with Gasteiger partial charge in [-0.15, -0.1) is 0 Å². The van der Waals surface area contributed by atoms with E-state index < -0.39 is 10.0 Å². The number of aromatic nitrogens is 2. The first-order valence-electron chi connectivity index (χ1n) is 12.1. The number of piperidine rings is 1. The van der Waals surface area contributed by atoms with Gasteiger partial charge in [0, 0.05) is 30.3 Å². The summed E-state index contributed by atoms with van der Waals surface area (Å²) in [4.78, 5) is 19.4. The summed E-state index contributed by atoms with van der Waals surface area (Å²) < 4.78 is 34.1. The zero-order valence-corrected chi connectivity index (χ0v) is 21.3. The lowest BCUT2D eigenvalue weighted by Crippen LogP contribution is -2.38. The molecular formula is C26H32N4O4S. The first kappa shape index (κ1) is 24.9. The minimum absolute atomic E-state index is 0.0673. The van der Waals surface area contributed by atoms with Gasteiger partial charge < -0.3 is 9.42 Å². The fourth-order valence-corrected chi connectivity index (χ4v) is 5.40. The van der Waals surface area contributed by atoms with Crippen LogP contribution < -0.4 is 4.72 Å². The molecule has 1 aliphatic rings. The monoisotopic (exact) mass is 496 g/mol. The number of likely N-dealkylation sites (tertiary alicyclic amines) is 1. The molecule has 0 radical (unpaired) electrons. The van der Waals surface area contributed by atoms with Crippen LogP contribution in [0.5, 0.6) is 0 Å². The van der Waals surface area contributed by atoms with E-state index in [9.17, 15) is 13.2 Å². The van der Waals surface area contributed by atoms with Crippen molar-refractivity contribution in [3.8, 4) is 0 Å². The summed E-state index contributed by atoms with van der Waals surface area (Å²) in [5, 5.41) is 3.85. The van der Waals surface area contributed by atoms with Gasteiger partial charge in [-0.2, -0.15) is 4.98 Å². The molecule has 0 unspecified atom stereocenters. The summed E-state index contributed by atoms with van der Waals surface area (Å²) in [5.41, 5.74) is 2.81. The quantitative estimate of drug-likeness (QED) is 0.478. The molecule has 1 N–H and O–H groups in total. The number of benzene rings is 2. The maximum absolute atomic E-state index is 13.3. The standard InChI is InChI=1S/C26H32N4O4S/c1-4-5-6-20-8-10-22(11-9-20)29-35(32,33)23-12-7-18(2)24(17-23)26(31)30-15-13-21(14-16-30)25-27-19(3)28-34-25/h7-12,17,21,29H,4-6,13-16H2,1-3H3. The van der Waals surface area contributed by atoms with Crippen LogP contribution in [0.1, 0.15) is 71.7 Å². The Labute approximate surface area is 206 Å². The molecule has 1 amide bonds. The molecule has 0 spiro atoms. The zero-order chi connectivity index (χ0) is 25.0. The predicted octanol–water partition coefficient (Wildman–Crippen LogP) is 4.85. The maximum Gasteiger partial charge on any atom is 0.261 e. The Morgan fingerprint density at radius 1 is 1.11 bits per heavy atom. The maximum atomic E-state index is 13.3. The third-order valence-electron chi connectivity index (χ3n) is 6.45. The third kappa shape index (κ3) is 5.90. The molecule has 8 nitrogen and oxygen atoms in total. The minimum atomic E-state index is -3.84. The number of carbonyl (C=O) groups excluding carboxylic acids is 1. The number of nitrogens with one attached hydrogen (secondary N) is 1. The molecule has 2 aromatic carbocycles. The lowest BCUT2D eigenvalue weighted by molar-refractivity contribution is 0.0703. The number of amides is 1. The van der Waals surface area contributed by atoms with Crippen molar-refractivity contribution in [1.82, 2.24) is 15.0 Å². The average Bonchev–Trinajstić information content (AvgIpc) is 3.29. The topological polar surface area (TPSA) is 105 Å². The van der Waals surface area contributed by atoms with Gasteiger partial charge in [0.1, 0.15) is 0 Å². The highest BCUT2D eigenvalue weighted by atomic mass is 32.2. The van der Waals surface area contributed by atoms with Crippen LogP contribution in [-0.4, -0.2) is 42.5 Å². The molecule has 0 aliphatic carbocycles. The molecule has 2 heterocycles. The van der Waals surface area contributed by atoms with Gasteiger partial charge in [-0.25, -0.2) is 8.42 Å². The van der Waals surface area contributed by atoms with Crippen LogP contribution in [0.3, 0.4) is 0 Å². The third-order valence-corrected chi connectivity index (χ3v) is 7.83. The van der Waals surface area contributed by atoms with Crippen molar-refractivity contribution in [2.24, 2.45) is 0 Å². The number of anilines is 1. The summed E-state index contributed by atoms with van der Waals surface area (Å²) >= 11 is 0. The number of hydrogen-bond donors (Lipinski definition) is 1. The summed E-state index contributed by atoms with van der Waals surface area (Å²) in [5.74, 6) is 1.18. The largest absolute Gasteiger partial charge is 0.339 e. The molecule has 0 saturated carbocycles. The van der Waals surface area contributed by atoms with Crippen LogP contribution >= 0.6 is 0 Å². The summed E-state index contributed by atoms with van der Waals surface area (Å²) in [6.45, 7) is 6.84. The number of rotatable bonds is 8. The molecule has 4 rings (SSSR count). The molecule has 1 aromatic heterocycles. The normalized spacial score (nSPS) is 14.8. The Morgan fingerprint density at radius 2 is 1.83 bits per heavy atom. The van der Waals surface area contributed by atoms with E-state index in [0.717, 1.165) is 37.7 Å². The molecule has 0 atom stereocenters. The Morgan fingerprint density at radius 3 is 2.46 bits per heavy atom. The Hall–Kier alpha value is -3.20. The number of carbonyl (C=O) groups is 1. The number of unbranched alkanes of at least 4 members (excludes halogenated alkanes) is 1. The first-order valence-corrected chi connectivity index (χ1v) is 13.6. The van der Waals surface area contributed by atoms with Crippen molar-refractivity contribution in [3.05, 3.63) is 70.9 Å². The van der Waals surface area contributed by atoms with Crippen LogP contribution in [0.4, 0.5) is 5.69 Å². The minimum Gasteiger partial charge on any atom is -0.339 e. The van der Waals surface area contributed by atoms with Gasteiger partial charge in [0.05, 0.1) is 4.90 Å². The first-order chi connectivity index (χ1) is 16.8. The average molecular weight is 497 g/mol. The molecule has 3 aromatic rings. The van der Waals surface area contributed by atoms with Crippen LogP contribution in [0.15, 0.2) is 51.9 Å². The van der Waals surface area contributed by atoms with Gasteiger partial charge >= 0.3 is 0 Å². The van der Waals surface area contributed by atoms with Gasteiger partial charge in [0.2, 0.25) is 5.89 Å². The van der Waals surface area contributed by atoms with Crippen LogP contribution in [0, 0.1) is 13.8 Å². The van der Waals surface area contributed by atoms with E-state index >= 15 is 0 Å². The second kappa shape index (κ2) is 10.6. The molecule has 1 aliphatic heterocycles. The number of sulfonamides is 1. The van der Waals surface area contributed by atoms with Crippen molar-refractivity contribution >= 4 is 21.6 Å². The lowest BCUT2D eigenvalue weighted by atomic mass is 9.96. The van der Waals surface area contributed by atoms with E-state index in [1.807, 2.05) is 19.1 Å². The molecule has 1 fully saturated rings. The smallest absolute Gasteiger partial charge is 0.261 e. The van der Waals surface area contributed by atoms with E-state index in [1.165, 1.54) is 17.7 Å². The van der Waals surface area contributed by atoms with Crippen LogP contribution in [0.2, 0.25) is 0 Å². The van der Waals surface area contributed by atoms with E-state index in [2.05, 4.69) is 21.8 Å². The van der Waals surface area contributed by atoms with Crippen molar-refractivity contribution in [3.63, 3.8) is 0 Å². The van der Waals surface area contributed by atoms with Crippen molar-refractivity contribution < 1.29 is 17.7 Å². The highest BCUT2D eigenvalue weighted by Crippen LogP contribution is 2.28. The predicted molar refractivity (Wildman–Crippen MR) is 134 cm³/mol. The second-order valence-electron chi connectivity index (χ2n) is 9.13. The molecule has 9 heteroatoms. The van der Waals surface area contributed by atoms with Crippen molar-refractivity contribution in [1.29, 1.82) is 0 Å². The SMILES string of the molecule is CCCCc1ccc(NS(=O)(=O)c2ccc(C)c(C(=O)N3CCC(c4nc(C)no4)CC3)c2)cc1. The highest BCUT2D eigenvalue weighted by molar-refractivity contribution is 7.92. The zero-order valence-electron chi connectivity index (χ0n) is 20.5. The lowest BCUT2D eigenvalue weighted by Gasteiger charge is -2.31. The summed E-state index contributed by atoms with van der Waals surface area (Å²) in [6, 6.07) is 12.1. The van der Waals surface area contributed by atoms with E-state index in [1.54, 1.807) is 30.0 Å². The van der Waals surface area contributed by atoms with Gasteiger partial charge in [0.25, 0.3) is 15.9 Å². The Bertz CT molecular complexity index is 1280. The van der Waals surface area contributed by atoms with Crippen LogP contribution in [-0.2, 0) is 16.4 Å². The fraction of sp³-hybridized carbons (Fsp3) is 0.423. The number of nitrogens with zero attached hydrogens (tertiary/aromatic N) is 3. The van der Waals surface area contributed by atoms with Gasteiger partial charge in [-0.3, -0.25) is 9.52 Å². The second-order valence-corrected chi connectivity index (χ2v) is 10.8. The summed E-state index contributed by atoms with van der Waals surface area (Å²) in [6.07, 6.45) is 4.62. The van der Waals surface area contributed by atoms with Gasteiger partial charge in [0.15, 0.2) is 5.82 Å². The summed E-state index contributed by atoms with van der Waals surface area (Å²) in [7, 11) is -3.84. The van der Waals surface area contributed by atoms with Crippen molar-refractivity contribution in [2.45, 2.75) is 63.7 Å². The molecular weight excluding hydrogens is 464 g/mol. The molecule has 35 heavy (non-hydrogen) atoms. The Kier molecular flexibility index (Phi) is 7.54. The van der Waals surface area contributed by atoms with Crippen molar-refractivity contribution in [2.75, 3.05) is 17.8 Å². The molecule has 186 valence electrons. The van der Waals surface area contributed by atoms with E-state index in [4.69, 9.17) is 4.52 Å². The van der Waals surface area contributed by atoms with E-state index in [0.29, 0.717) is 36.1 Å². The Balaban J connectivity index is 1.45. The van der Waals surface area contributed by atoms with Gasteiger partial charge in [-0.1, -0.05) is 36.7 Å². The van der Waals surface area contributed by atoms with Crippen LogP contribution in [0.25, 0.3) is 0 Å². The molecule has 1 saturated heterocycles. The van der Waals surface area contributed by atoms with Gasteiger partial charge in [-0.05, 0) is 74.9 Å². The number of aryl methyl sites for hydroxylation is 3.